The Kier molecular flexibility index (Phi) is 5.42. The first-order valence-electron chi connectivity index (χ1n) is 7.17. The Balaban J connectivity index is 2.62. The Bertz CT molecular complexity index is 379. The predicted molar refractivity (Wildman–Crippen MR) is 83.8 cm³/mol. The lowest BCUT2D eigenvalue weighted by atomic mass is 9.80. The van der Waals surface area contributed by atoms with Gasteiger partial charge in [0.15, 0.2) is 0 Å². The van der Waals surface area contributed by atoms with E-state index in [2.05, 4.69) is 64.2 Å². The molecule has 0 saturated carbocycles. The number of benzene rings is 1. The van der Waals surface area contributed by atoms with Gasteiger partial charge in [0, 0.05) is 17.8 Å². The molecule has 0 atom stereocenters. The van der Waals surface area contributed by atoms with Gasteiger partial charge in [-0.3, -0.25) is 0 Å². The molecular formula is C17H29NO. The molecule has 2 nitrogen and oxygen atoms in total. The molecule has 0 fully saturated rings. The molecule has 0 aliphatic heterocycles. The third-order valence-electron chi connectivity index (χ3n) is 3.15. The van der Waals surface area contributed by atoms with Crippen molar-refractivity contribution in [2.24, 2.45) is 5.41 Å². The Labute approximate surface area is 118 Å². The molecule has 1 aromatic carbocycles. The van der Waals surface area contributed by atoms with E-state index in [1.54, 1.807) is 0 Å². The van der Waals surface area contributed by atoms with E-state index < -0.39 is 0 Å². The zero-order valence-electron chi connectivity index (χ0n) is 13.3. The highest BCUT2D eigenvalue weighted by Crippen LogP contribution is 2.30. The number of nitrogens with one attached hydrogen (secondary N) is 1. The molecule has 1 rings (SSSR count). The van der Waals surface area contributed by atoms with E-state index in [4.69, 9.17) is 4.74 Å². The Morgan fingerprint density at radius 1 is 1.05 bits per heavy atom. The molecule has 0 amide bonds. The third kappa shape index (κ3) is 6.11. The number of hydrogen-bond donors (Lipinski definition) is 1. The lowest BCUT2D eigenvalue weighted by molar-refractivity contribution is 0.0574. The molecule has 0 heterocycles. The molecule has 1 aromatic rings. The molecular weight excluding hydrogens is 234 g/mol. The van der Waals surface area contributed by atoms with E-state index in [9.17, 15) is 0 Å². The monoisotopic (exact) mass is 263 g/mol. The summed E-state index contributed by atoms with van der Waals surface area (Å²) in [6.07, 6.45) is 1.06. The van der Waals surface area contributed by atoms with Crippen molar-refractivity contribution in [1.82, 2.24) is 0 Å². The number of anilines is 1. The maximum atomic E-state index is 5.58. The van der Waals surface area contributed by atoms with Crippen LogP contribution in [0.1, 0.15) is 46.6 Å². The van der Waals surface area contributed by atoms with Crippen LogP contribution >= 0.6 is 0 Å². The molecule has 0 saturated heterocycles. The minimum absolute atomic E-state index is 0.0514. The van der Waals surface area contributed by atoms with E-state index in [1.807, 2.05) is 6.92 Å². The quantitative estimate of drug-likeness (QED) is 0.774. The van der Waals surface area contributed by atoms with Gasteiger partial charge in [-0.1, -0.05) is 31.5 Å². The molecule has 19 heavy (non-hydrogen) atoms. The van der Waals surface area contributed by atoms with Crippen LogP contribution in [0.2, 0.25) is 0 Å². The first-order chi connectivity index (χ1) is 8.74. The zero-order valence-corrected chi connectivity index (χ0v) is 13.3. The highest BCUT2D eigenvalue weighted by atomic mass is 16.5. The smallest absolute Gasteiger partial charge is 0.0517 e. The fourth-order valence-corrected chi connectivity index (χ4v) is 2.70. The van der Waals surface area contributed by atoms with E-state index in [0.29, 0.717) is 0 Å². The molecule has 0 radical (unpaired) electrons. The molecule has 1 N–H and O–H groups in total. The lowest BCUT2D eigenvalue weighted by Gasteiger charge is -2.36. The van der Waals surface area contributed by atoms with Gasteiger partial charge in [0.1, 0.15) is 0 Å². The minimum Gasteiger partial charge on any atom is -0.381 e. The summed E-state index contributed by atoms with van der Waals surface area (Å²) >= 11 is 0. The average Bonchev–Trinajstić information content (AvgIpc) is 2.28. The molecule has 0 aliphatic rings. The summed E-state index contributed by atoms with van der Waals surface area (Å²) in [6.45, 7) is 14.8. The van der Waals surface area contributed by atoms with Crippen LogP contribution in [-0.4, -0.2) is 18.8 Å². The first kappa shape index (κ1) is 16.0. The van der Waals surface area contributed by atoms with E-state index in [0.717, 1.165) is 19.6 Å². The molecule has 0 aromatic heterocycles. The van der Waals surface area contributed by atoms with Gasteiger partial charge in [0.05, 0.1) is 6.61 Å². The third-order valence-corrected chi connectivity index (χ3v) is 3.15. The predicted octanol–water partition coefficient (Wildman–Crippen LogP) is 4.64. The number of ether oxygens (including phenoxy) is 1. The molecule has 2 heteroatoms. The number of rotatable bonds is 7. The van der Waals surface area contributed by atoms with Crippen LogP contribution in [0.15, 0.2) is 24.3 Å². The Morgan fingerprint density at radius 2 is 1.63 bits per heavy atom. The van der Waals surface area contributed by atoms with Crippen molar-refractivity contribution < 1.29 is 4.74 Å². The van der Waals surface area contributed by atoms with Gasteiger partial charge in [0.25, 0.3) is 0 Å². The van der Waals surface area contributed by atoms with Crippen molar-refractivity contribution in [2.45, 2.75) is 53.5 Å². The van der Waals surface area contributed by atoms with Crippen molar-refractivity contribution in [3.05, 3.63) is 29.8 Å². The second kappa shape index (κ2) is 6.42. The fraction of sp³-hybridized carbons (Fsp3) is 0.647. The van der Waals surface area contributed by atoms with Gasteiger partial charge in [-0.05, 0) is 51.7 Å². The Morgan fingerprint density at radius 3 is 2.16 bits per heavy atom. The van der Waals surface area contributed by atoms with Crippen LogP contribution in [0.25, 0.3) is 0 Å². The van der Waals surface area contributed by atoms with Crippen LogP contribution in [0.3, 0.4) is 0 Å². The van der Waals surface area contributed by atoms with E-state index >= 15 is 0 Å². The van der Waals surface area contributed by atoms with Crippen LogP contribution in [0.5, 0.6) is 0 Å². The van der Waals surface area contributed by atoms with Gasteiger partial charge in [0.2, 0.25) is 0 Å². The van der Waals surface area contributed by atoms with Crippen LogP contribution in [-0.2, 0) is 4.74 Å². The second-order valence-corrected chi connectivity index (χ2v) is 6.85. The maximum absolute atomic E-state index is 5.58. The van der Waals surface area contributed by atoms with Crippen molar-refractivity contribution >= 4 is 5.69 Å². The topological polar surface area (TPSA) is 21.3 Å². The van der Waals surface area contributed by atoms with Gasteiger partial charge in [-0.25, -0.2) is 0 Å². The lowest BCUT2D eigenvalue weighted by Crippen LogP contribution is -2.38. The number of hydrogen-bond acceptors (Lipinski definition) is 2. The summed E-state index contributed by atoms with van der Waals surface area (Å²) in [7, 11) is 0. The maximum Gasteiger partial charge on any atom is 0.0517 e. The minimum atomic E-state index is 0.0514. The number of aryl methyl sites for hydroxylation is 1. The van der Waals surface area contributed by atoms with Crippen molar-refractivity contribution in [2.75, 3.05) is 18.5 Å². The van der Waals surface area contributed by atoms with E-state index in [-0.39, 0.29) is 11.0 Å². The highest BCUT2D eigenvalue weighted by Gasteiger charge is 2.28. The zero-order chi connectivity index (χ0) is 14.5. The summed E-state index contributed by atoms with van der Waals surface area (Å²) in [5.74, 6) is 0. The standard InChI is InChI=1S/C17H29NO/c1-7-19-13-16(3,4)12-17(5,6)18-15-10-8-14(2)9-11-15/h8-11,18H,7,12-13H2,1-6H3. The fourth-order valence-electron chi connectivity index (χ4n) is 2.70. The summed E-state index contributed by atoms with van der Waals surface area (Å²) in [4.78, 5) is 0. The van der Waals surface area contributed by atoms with Crippen LogP contribution in [0.4, 0.5) is 5.69 Å². The average molecular weight is 263 g/mol. The normalized spacial score (nSPS) is 12.5. The molecule has 108 valence electrons. The summed E-state index contributed by atoms with van der Waals surface area (Å²) in [5, 5.41) is 3.62. The molecule has 0 aliphatic carbocycles. The summed E-state index contributed by atoms with van der Waals surface area (Å²) in [6, 6.07) is 8.58. The van der Waals surface area contributed by atoms with Crippen LogP contribution in [0, 0.1) is 12.3 Å². The molecule has 0 spiro atoms. The van der Waals surface area contributed by atoms with Crippen molar-refractivity contribution in [3.8, 4) is 0 Å². The highest BCUT2D eigenvalue weighted by molar-refractivity contribution is 5.46. The molecule has 0 bridgehead atoms. The van der Waals surface area contributed by atoms with Gasteiger partial charge >= 0.3 is 0 Å². The van der Waals surface area contributed by atoms with Gasteiger partial charge in [-0.2, -0.15) is 0 Å². The van der Waals surface area contributed by atoms with E-state index in [1.165, 1.54) is 11.3 Å². The van der Waals surface area contributed by atoms with Crippen LogP contribution < -0.4 is 5.32 Å². The van der Waals surface area contributed by atoms with Gasteiger partial charge in [-0.15, -0.1) is 0 Å². The SMILES string of the molecule is CCOCC(C)(C)CC(C)(C)Nc1ccc(C)cc1. The summed E-state index contributed by atoms with van der Waals surface area (Å²) in [5.41, 5.74) is 2.70. The van der Waals surface area contributed by atoms with Gasteiger partial charge < -0.3 is 10.1 Å². The second-order valence-electron chi connectivity index (χ2n) is 6.85. The van der Waals surface area contributed by atoms with Crippen molar-refractivity contribution in [3.63, 3.8) is 0 Å². The largest absolute Gasteiger partial charge is 0.381 e. The Hall–Kier alpha value is -1.02. The first-order valence-corrected chi connectivity index (χ1v) is 7.17. The van der Waals surface area contributed by atoms with Crippen molar-refractivity contribution in [1.29, 1.82) is 0 Å². The summed E-state index contributed by atoms with van der Waals surface area (Å²) < 4.78 is 5.58. The molecule has 0 unspecified atom stereocenters.